The number of hydrogen-bond acceptors (Lipinski definition) is 5. The zero-order valence-electron chi connectivity index (χ0n) is 17.8. The second kappa shape index (κ2) is 8.68. The average Bonchev–Trinajstić information content (AvgIpc) is 3.16. The molecule has 3 rings (SSSR count). The van der Waals surface area contributed by atoms with Gasteiger partial charge in [0.1, 0.15) is 0 Å². The number of carbonyl (C=O) groups is 1. The molecule has 1 amide bonds. The molecule has 7 nitrogen and oxygen atoms in total. The van der Waals surface area contributed by atoms with Crippen LogP contribution in [0.25, 0.3) is 0 Å². The van der Waals surface area contributed by atoms with Crippen molar-refractivity contribution < 1.29 is 14.3 Å². The summed E-state index contributed by atoms with van der Waals surface area (Å²) < 4.78 is 10.5. The largest absolute Gasteiger partial charge is 0.493 e. The summed E-state index contributed by atoms with van der Waals surface area (Å²) in [6, 6.07) is 5.43. The van der Waals surface area contributed by atoms with Gasteiger partial charge in [-0.3, -0.25) is 9.89 Å². The smallest absolute Gasteiger partial charge is 0.292 e. The van der Waals surface area contributed by atoms with Crippen molar-refractivity contribution in [1.29, 1.82) is 0 Å². The van der Waals surface area contributed by atoms with Gasteiger partial charge in [0, 0.05) is 11.3 Å². The minimum Gasteiger partial charge on any atom is -0.493 e. The number of nitrogens with zero attached hydrogens (tertiary/aromatic N) is 2. The molecule has 1 atom stereocenters. The third-order valence-corrected chi connectivity index (χ3v) is 6.16. The molecule has 156 valence electrons. The van der Waals surface area contributed by atoms with E-state index in [2.05, 4.69) is 41.5 Å². The third kappa shape index (κ3) is 4.44. The number of rotatable bonds is 7. The molecule has 2 aromatic rings. The van der Waals surface area contributed by atoms with E-state index in [0.29, 0.717) is 23.1 Å². The van der Waals surface area contributed by atoms with Crippen molar-refractivity contribution in [3.63, 3.8) is 0 Å². The second-order valence-corrected chi connectivity index (χ2v) is 8.12. The predicted molar refractivity (Wildman–Crippen MR) is 113 cm³/mol. The van der Waals surface area contributed by atoms with Gasteiger partial charge in [-0.2, -0.15) is 10.2 Å². The normalized spacial score (nSPS) is 16.5. The molecule has 1 aromatic carbocycles. The van der Waals surface area contributed by atoms with Crippen LogP contribution in [0.2, 0.25) is 0 Å². The minimum absolute atomic E-state index is 0.244. The third-order valence-electron chi connectivity index (χ3n) is 6.16. The van der Waals surface area contributed by atoms with Crippen molar-refractivity contribution in [3.8, 4) is 11.5 Å². The van der Waals surface area contributed by atoms with E-state index in [-0.39, 0.29) is 11.3 Å². The summed E-state index contributed by atoms with van der Waals surface area (Å²) >= 11 is 0. The van der Waals surface area contributed by atoms with Crippen molar-refractivity contribution in [2.24, 2.45) is 16.4 Å². The first-order valence-corrected chi connectivity index (χ1v) is 10.0. The molecule has 1 heterocycles. The molecule has 1 aromatic heterocycles. The summed E-state index contributed by atoms with van der Waals surface area (Å²) in [5, 5.41) is 11.4. The molecule has 1 unspecified atom stereocenters. The lowest BCUT2D eigenvalue weighted by Crippen LogP contribution is -2.30. The van der Waals surface area contributed by atoms with Gasteiger partial charge in [0.2, 0.25) is 0 Å². The van der Waals surface area contributed by atoms with Gasteiger partial charge < -0.3 is 9.47 Å². The predicted octanol–water partition coefficient (Wildman–Crippen LogP) is 3.73. The molecule has 29 heavy (non-hydrogen) atoms. The summed E-state index contributed by atoms with van der Waals surface area (Å²) in [5.74, 6) is 1.49. The van der Waals surface area contributed by atoms with Gasteiger partial charge >= 0.3 is 0 Å². The number of methoxy groups -OCH3 is 2. The Morgan fingerprint density at radius 2 is 2.10 bits per heavy atom. The lowest BCUT2D eigenvalue weighted by molar-refractivity contribution is 0.0947. The maximum atomic E-state index is 12.7. The highest BCUT2D eigenvalue weighted by Gasteiger charge is 2.34. The Morgan fingerprint density at radius 1 is 1.34 bits per heavy atom. The lowest BCUT2D eigenvalue weighted by atomic mass is 9.69. The van der Waals surface area contributed by atoms with Gasteiger partial charge in [0.05, 0.1) is 20.4 Å². The SMILES string of the molecule is CCC(C)(C)C1CCc2[nH]nc(C(=O)N/N=C/c3ccc(OC)c(OC)c3)c2C1. The summed E-state index contributed by atoms with van der Waals surface area (Å²) in [4.78, 5) is 12.7. The van der Waals surface area contributed by atoms with Gasteiger partial charge in [-0.1, -0.05) is 27.2 Å². The molecule has 0 aliphatic heterocycles. The summed E-state index contributed by atoms with van der Waals surface area (Å²) in [5.41, 5.74) is 6.17. The van der Waals surface area contributed by atoms with Crippen molar-refractivity contribution in [1.82, 2.24) is 15.6 Å². The Morgan fingerprint density at radius 3 is 2.79 bits per heavy atom. The first kappa shape index (κ1) is 20.9. The number of H-pyrrole nitrogens is 1. The number of aryl methyl sites for hydroxylation is 1. The molecular weight excluding hydrogens is 368 g/mol. The Balaban J connectivity index is 1.70. The number of amides is 1. The first-order chi connectivity index (χ1) is 13.9. The summed E-state index contributed by atoms with van der Waals surface area (Å²) in [6.07, 6.45) is 5.60. The van der Waals surface area contributed by atoms with Crippen LogP contribution in [0, 0.1) is 11.3 Å². The fourth-order valence-electron chi connectivity index (χ4n) is 3.79. The van der Waals surface area contributed by atoms with E-state index in [4.69, 9.17) is 9.47 Å². The van der Waals surface area contributed by atoms with Gasteiger partial charge in [-0.15, -0.1) is 0 Å². The zero-order valence-corrected chi connectivity index (χ0v) is 17.8. The molecule has 0 bridgehead atoms. The van der Waals surface area contributed by atoms with Gasteiger partial charge in [-0.25, -0.2) is 5.43 Å². The minimum atomic E-state index is -0.297. The molecule has 1 aliphatic rings. The number of fused-ring (bicyclic) bond motifs is 1. The Labute approximate surface area is 171 Å². The van der Waals surface area contributed by atoms with Crippen molar-refractivity contribution in [2.75, 3.05) is 14.2 Å². The standard InChI is InChI=1S/C22H30N4O3/c1-6-22(2,3)15-8-9-17-16(12-15)20(25-24-17)21(27)26-23-13-14-7-10-18(28-4)19(11-14)29-5/h7,10-11,13,15H,6,8-9,12H2,1-5H3,(H,24,25)(H,26,27)/b23-13+. The molecule has 0 spiro atoms. The number of ether oxygens (including phenoxy) is 2. The Bertz CT molecular complexity index is 901. The molecule has 2 N–H and O–H groups in total. The van der Waals surface area contributed by atoms with E-state index >= 15 is 0 Å². The van der Waals surface area contributed by atoms with E-state index in [0.717, 1.165) is 42.5 Å². The monoisotopic (exact) mass is 398 g/mol. The van der Waals surface area contributed by atoms with Gasteiger partial charge in [0.25, 0.3) is 5.91 Å². The number of nitrogens with one attached hydrogen (secondary N) is 2. The van der Waals surface area contributed by atoms with Crippen LogP contribution in [-0.2, 0) is 12.8 Å². The fraction of sp³-hybridized carbons (Fsp3) is 0.500. The summed E-state index contributed by atoms with van der Waals surface area (Å²) in [6.45, 7) is 6.83. The van der Waals surface area contributed by atoms with E-state index in [1.54, 1.807) is 32.6 Å². The maximum Gasteiger partial charge on any atom is 0.292 e. The van der Waals surface area contributed by atoms with E-state index in [9.17, 15) is 4.79 Å². The number of hydrazone groups is 1. The zero-order chi connectivity index (χ0) is 21.0. The fourth-order valence-corrected chi connectivity index (χ4v) is 3.79. The Kier molecular flexibility index (Phi) is 6.25. The van der Waals surface area contributed by atoms with Crippen LogP contribution in [0.15, 0.2) is 23.3 Å². The quantitative estimate of drug-likeness (QED) is 0.549. The molecule has 0 radical (unpaired) electrons. The van der Waals surface area contributed by atoms with Crippen LogP contribution < -0.4 is 14.9 Å². The van der Waals surface area contributed by atoms with E-state index in [1.165, 1.54) is 0 Å². The number of aromatic amines is 1. The number of benzene rings is 1. The van der Waals surface area contributed by atoms with Gasteiger partial charge in [0.15, 0.2) is 17.2 Å². The molecule has 7 heteroatoms. The summed E-state index contributed by atoms with van der Waals surface area (Å²) in [7, 11) is 3.16. The van der Waals surface area contributed by atoms with Crippen LogP contribution in [0.4, 0.5) is 0 Å². The number of aromatic nitrogens is 2. The second-order valence-electron chi connectivity index (χ2n) is 8.12. The molecule has 0 saturated carbocycles. The topological polar surface area (TPSA) is 88.6 Å². The van der Waals surface area contributed by atoms with Crippen molar-refractivity contribution in [3.05, 3.63) is 40.7 Å². The van der Waals surface area contributed by atoms with Crippen molar-refractivity contribution in [2.45, 2.75) is 46.5 Å². The van der Waals surface area contributed by atoms with Crippen LogP contribution >= 0.6 is 0 Å². The average molecular weight is 399 g/mol. The maximum absolute atomic E-state index is 12.7. The van der Waals surface area contributed by atoms with Gasteiger partial charge in [-0.05, 0) is 54.4 Å². The van der Waals surface area contributed by atoms with Crippen LogP contribution in [-0.4, -0.2) is 36.5 Å². The van der Waals surface area contributed by atoms with Crippen molar-refractivity contribution >= 4 is 12.1 Å². The highest BCUT2D eigenvalue weighted by Crippen LogP contribution is 2.40. The van der Waals surface area contributed by atoms with Crippen LogP contribution in [0.5, 0.6) is 11.5 Å². The van der Waals surface area contributed by atoms with Crippen LogP contribution in [0.1, 0.15) is 60.9 Å². The molecule has 0 saturated heterocycles. The molecule has 0 fully saturated rings. The first-order valence-electron chi connectivity index (χ1n) is 10.0. The Hall–Kier alpha value is -2.83. The van der Waals surface area contributed by atoms with E-state index in [1.807, 2.05) is 6.07 Å². The number of hydrogen-bond donors (Lipinski definition) is 2. The number of carbonyl (C=O) groups excluding carboxylic acids is 1. The highest BCUT2D eigenvalue weighted by molar-refractivity contribution is 5.94. The molecule has 1 aliphatic carbocycles. The van der Waals surface area contributed by atoms with E-state index < -0.39 is 0 Å². The van der Waals surface area contributed by atoms with Crippen LogP contribution in [0.3, 0.4) is 0 Å². The molecular formula is C22H30N4O3. The lowest BCUT2D eigenvalue weighted by Gasteiger charge is -2.36. The highest BCUT2D eigenvalue weighted by atomic mass is 16.5.